The Balaban J connectivity index is 2.01. The molecule has 2 unspecified atom stereocenters. The normalized spacial score (nSPS) is 25.8. The van der Waals surface area contributed by atoms with Crippen molar-refractivity contribution < 1.29 is 0 Å². The lowest BCUT2D eigenvalue weighted by Crippen LogP contribution is -2.42. The Bertz CT molecular complexity index is 394. The number of rotatable bonds is 2. The van der Waals surface area contributed by atoms with E-state index < -0.39 is 0 Å². The molecule has 3 nitrogen and oxygen atoms in total. The van der Waals surface area contributed by atoms with Crippen LogP contribution in [0.15, 0.2) is 22.7 Å². The quantitative estimate of drug-likeness (QED) is 0.825. The van der Waals surface area contributed by atoms with E-state index in [0.717, 1.165) is 22.4 Å². The van der Waals surface area contributed by atoms with Crippen molar-refractivity contribution in [1.82, 2.24) is 4.90 Å². The van der Waals surface area contributed by atoms with Gasteiger partial charge >= 0.3 is 0 Å². The number of nitrogens with two attached hydrogens (primary N) is 1. The summed E-state index contributed by atoms with van der Waals surface area (Å²) in [6.45, 7) is 3.42. The first-order valence-corrected chi connectivity index (χ1v) is 6.87. The van der Waals surface area contributed by atoms with Crippen LogP contribution in [-0.4, -0.2) is 30.6 Å². The Morgan fingerprint density at radius 1 is 1.47 bits per heavy atom. The second-order valence-electron chi connectivity index (χ2n) is 4.93. The molecule has 0 radical (unpaired) electrons. The van der Waals surface area contributed by atoms with E-state index in [1.54, 1.807) is 0 Å². The molecule has 0 spiro atoms. The minimum Gasteiger partial charge on any atom is -0.397 e. The lowest BCUT2D eigenvalue weighted by atomic mass is 9.98. The van der Waals surface area contributed by atoms with Gasteiger partial charge in [0.15, 0.2) is 0 Å². The van der Waals surface area contributed by atoms with Crippen LogP contribution in [0.3, 0.4) is 0 Å². The lowest BCUT2D eigenvalue weighted by Gasteiger charge is -2.36. The number of hydrogen-bond acceptors (Lipinski definition) is 3. The monoisotopic (exact) mass is 297 g/mol. The van der Waals surface area contributed by atoms with Crippen molar-refractivity contribution in [2.75, 3.05) is 24.6 Å². The number of nitrogens with one attached hydrogen (secondary N) is 1. The minimum absolute atomic E-state index is 0.532. The Kier molecular flexibility index (Phi) is 3.94. The van der Waals surface area contributed by atoms with Crippen LogP contribution in [0.1, 0.15) is 19.8 Å². The Labute approximate surface area is 111 Å². The molecule has 3 N–H and O–H groups in total. The first-order chi connectivity index (χ1) is 8.06. The number of hydrogen-bond donors (Lipinski definition) is 2. The largest absolute Gasteiger partial charge is 0.397 e. The highest BCUT2D eigenvalue weighted by atomic mass is 79.9. The predicted octanol–water partition coefficient (Wildman–Crippen LogP) is 2.93. The molecule has 1 aromatic rings. The number of halogens is 1. The number of likely N-dealkylation sites (tertiary alicyclic amines) is 1. The number of nitrogens with zero attached hydrogens (tertiary/aromatic N) is 1. The van der Waals surface area contributed by atoms with E-state index in [1.165, 1.54) is 12.8 Å². The van der Waals surface area contributed by atoms with Crippen molar-refractivity contribution in [1.29, 1.82) is 0 Å². The van der Waals surface area contributed by atoms with Crippen molar-refractivity contribution in [3.05, 3.63) is 22.7 Å². The molecule has 1 aliphatic rings. The average Bonchev–Trinajstić information content (AvgIpc) is 2.27. The summed E-state index contributed by atoms with van der Waals surface area (Å²) in [5.74, 6) is 0. The molecule has 0 amide bonds. The predicted molar refractivity (Wildman–Crippen MR) is 77.3 cm³/mol. The molecule has 0 saturated carbocycles. The smallest absolute Gasteiger partial charge is 0.0576 e. The van der Waals surface area contributed by atoms with Crippen molar-refractivity contribution in [2.45, 2.75) is 31.8 Å². The van der Waals surface area contributed by atoms with E-state index >= 15 is 0 Å². The molecular weight excluding hydrogens is 278 g/mol. The van der Waals surface area contributed by atoms with Gasteiger partial charge in [0.1, 0.15) is 0 Å². The van der Waals surface area contributed by atoms with Crippen molar-refractivity contribution >= 4 is 27.3 Å². The highest BCUT2D eigenvalue weighted by Gasteiger charge is 2.22. The van der Waals surface area contributed by atoms with Gasteiger partial charge in [-0.25, -0.2) is 0 Å². The molecule has 2 rings (SSSR count). The molecule has 0 bridgehead atoms. The van der Waals surface area contributed by atoms with Crippen LogP contribution in [0.4, 0.5) is 11.4 Å². The van der Waals surface area contributed by atoms with Gasteiger partial charge in [0.05, 0.1) is 11.4 Å². The molecule has 94 valence electrons. The van der Waals surface area contributed by atoms with Gasteiger partial charge < -0.3 is 16.0 Å². The second-order valence-corrected chi connectivity index (χ2v) is 5.84. The highest BCUT2D eigenvalue weighted by Crippen LogP contribution is 2.26. The zero-order chi connectivity index (χ0) is 12.4. The van der Waals surface area contributed by atoms with Crippen molar-refractivity contribution in [3.8, 4) is 0 Å². The van der Waals surface area contributed by atoms with Crippen LogP contribution in [-0.2, 0) is 0 Å². The molecule has 1 heterocycles. The van der Waals surface area contributed by atoms with Gasteiger partial charge in [0.2, 0.25) is 0 Å². The Morgan fingerprint density at radius 2 is 2.24 bits per heavy atom. The van der Waals surface area contributed by atoms with E-state index in [2.05, 4.69) is 40.1 Å². The maximum Gasteiger partial charge on any atom is 0.0576 e. The standard InChI is InChI=1S/C13H20BrN3/c1-9-7-11(5-6-17(9)2)16-13-4-3-10(14)8-12(13)15/h3-4,8-9,11,16H,5-7,15H2,1-2H3. The van der Waals surface area contributed by atoms with Gasteiger partial charge in [0.25, 0.3) is 0 Å². The molecule has 2 atom stereocenters. The molecule has 4 heteroatoms. The summed E-state index contributed by atoms with van der Waals surface area (Å²) in [5, 5.41) is 3.55. The third-order valence-electron chi connectivity index (χ3n) is 3.58. The van der Waals surface area contributed by atoms with Crippen LogP contribution in [0.2, 0.25) is 0 Å². The van der Waals surface area contributed by atoms with Gasteiger partial charge in [0, 0.05) is 23.1 Å². The first kappa shape index (κ1) is 12.7. The zero-order valence-electron chi connectivity index (χ0n) is 10.4. The van der Waals surface area contributed by atoms with E-state index in [0.29, 0.717) is 12.1 Å². The van der Waals surface area contributed by atoms with Crippen LogP contribution >= 0.6 is 15.9 Å². The highest BCUT2D eigenvalue weighted by molar-refractivity contribution is 9.10. The summed E-state index contributed by atoms with van der Waals surface area (Å²) >= 11 is 3.42. The van der Waals surface area contributed by atoms with Crippen LogP contribution in [0, 0.1) is 0 Å². The van der Waals surface area contributed by atoms with Gasteiger partial charge in [-0.2, -0.15) is 0 Å². The third-order valence-corrected chi connectivity index (χ3v) is 4.07. The SMILES string of the molecule is CC1CC(Nc2ccc(Br)cc2N)CCN1C. The van der Waals surface area contributed by atoms with E-state index in [1.807, 2.05) is 18.2 Å². The van der Waals surface area contributed by atoms with Gasteiger partial charge in [-0.1, -0.05) is 15.9 Å². The summed E-state index contributed by atoms with van der Waals surface area (Å²) < 4.78 is 1.03. The summed E-state index contributed by atoms with van der Waals surface area (Å²) in [6.07, 6.45) is 2.35. The molecule has 1 fully saturated rings. The van der Waals surface area contributed by atoms with Crippen molar-refractivity contribution in [3.63, 3.8) is 0 Å². The summed E-state index contributed by atoms with van der Waals surface area (Å²) in [4.78, 5) is 2.41. The lowest BCUT2D eigenvalue weighted by molar-refractivity contribution is 0.190. The van der Waals surface area contributed by atoms with E-state index in [9.17, 15) is 0 Å². The Morgan fingerprint density at radius 3 is 2.88 bits per heavy atom. The number of anilines is 2. The number of nitrogen functional groups attached to an aromatic ring is 1. The fourth-order valence-electron chi connectivity index (χ4n) is 2.31. The fraction of sp³-hybridized carbons (Fsp3) is 0.538. The third kappa shape index (κ3) is 3.13. The first-order valence-electron chi connectivity index (χ1n) is 6.08. The van der Waals surface area contributed by atoms with Crippen LogP contribution in [0.5, 0.6) is 0 Å². The summed E-state index contributed by atoms with van der Waals surface area (Å²) in [6, 6.07) is 7.18. The van der Waals surface area contributed by atoms with Gasteiger partial charge in [-0.15, -0.1) is 0 Å². The maximum absolute atomic E-state index is 6.00. The topological polar surface area (TPSA) is 41.3 Å². The second kappa shape index (κ2) is 5.27. The Hall–Kier alpha value is -0.740. The zero-order valence-corrected chi connectivity index (χ0v) is 12.0. The number of piperidine rings is 1. The average molecular weight is 298 g/mol. The summed E-state index contributed by atoms with van der Waals surface area (Å²) in [7, 11) is 2.19. The van der Waals surface area contributed by atoms with Gasteiger partial charge in [-0.05, 0) is 45.0 Å². The maximum atomic E-state index is 6.00. The molecule has 1 saturated heterocycles. The minimum atomic E-state index is 0.532. The van der Waals surface area contributed by atoms with E-state index in [4.69, 9.17) is 5.73 Å². The van der Waals surface area contributed by atoms with Crippen molar-refractivity contribution in [2.24, 2.45) is 0 Å². The van der Waals surface area contributed by atoms with Gasteiger partial charge in [-0.3, -0.25) is 0 Å². The molecular formula is C13H20BrN3. The molecule has 0 aliphatic carbocycles. The number of benzene rings is 1. The molecule has 1 aliphatic heterocycles. The molecule has 17 heavy (non-hydrogen) atoms. The fourth-order valence-corrected chi connectivity index (χ4v) is 2.68. The summed E-state index contributed by atoms with van der Waals surface area (Å²) in [5.41, 5.74) is 7.86. The molecule has 0 aromatic heterocycles. The van der Waals surface area contributed by atoms with Crippen LogP contribution in [0.25, 0.3) is 0 Å². The molecule has 1 aromatic carbocycles. The van der Waals surface area contributed by atoms with E-state index in [-0.39, 0.29) is 0 Å². The van der Waals surface area contributed by atoms with Crippen LogP contribution < -0.4 is 11.1 Å².